The van der Waals surface area contributed by atoms with Gasteiger partial charge in [0.1, 0.15) is 11.6 Å². The molecular weight excluding hydrogens is 336 g/mol. The zero-order chi connectivity index (χ0) is 19.2. The molecular formula is C21H32N6. The lowest BCUT2D eigenvalue weighted by atomic mass is 10.0. The van der Waals surface area contributed by atoms with E-state index in [0.717, 1.165) is 56.4 Å². The van der Waals surface area contributed by atoms with Gasteiger partial charge in [0, 0.05) is 26.1 Å². The summed E-state index contributed by atoms with van der Waals surface area (Å²) in [7, 11) is 1.83. The first-order chi connectivity index (χ1) is 13.0. The van der Waals surface area contributed by atoms with Gasteiger partial charge in [0.2, 0.25) is 0 Å². The van der Waals surface area contributed by atoms with E-state index in [1.807, 2.05) is 18.7 Å². The number of fused-ring (bicyclic) bond motifs is 1. The fourth-order valence-electron chi connectivity index (χ4n) is 3.51. The molecule has 1 aliphatic rings. The molecule has 0 amide bonds. The van der Waals surface area contributed by atoms with Crippen molar-refractivity contribution in [2.75, 3.05) is 13.6 Å². The van der Waals surface area contributed by atoms with Gasteiger partial charge in [-0.15, -0.1) is 0 Å². The Morgan fingerprint density at radius 3 is 2.78 bits per heavy atom. The third kappa shape index (κ3) is 5.31. The van der Waals surface area contributed by atoms with Crippen molar-refractivity contribution in [1.29, 1.82) is 0 Å². The number of benzene rings is 1. The standard InChI is InChI=1S/C21H32N6/c1-15(2)18-9-7-17(8-10-18)6-5-13-23-21(22-4)25-19-11-12-20-24-16(3)26-27(20)14-19/h7-10,15,19H,5-6,11-14H2,1-4H3,(H2,22,23,25). The first kappa shape index (κ1) is 19.4. The Kier molecular flexibility index (Phi) is 6.48. The molecule has 2 N–H and O–H groups in total. The number of nitrogens with zero attached hydrogens (tertiary/aromatic N) is 4. The van der Waals surface area contributed by atoms with Gasteiger partial charge in [0.05, 0.1) is 6.54 Å². The summed E-state index contributed by atoms with van der Waals surface area (Å²) in [4.78, 5) is 8.84. The third-order valence-corrected chi connectivity index (χ3v) is 5.11. The summed E-state index contributed by atoms with van der Waals surface area (Å²) in [6.07, 6.45) is 4.18. The van der Waals surface area contributed by atoms with Crippen LogP contribution in [-0.4, -0.2) is 40.4 Å². The van der Waals surface area contributed by atoms with Gasteiger partial charge in [-0.25, -0.2) is 9.67 Å². The van der Waals surface area contributed by atoms with Crippen LogP contribution in [0.1, 0.15) is 55.4 Å². The lowest BCUT2D eigenvalue weighted by Crippen LogP contribution is -2.47. The van der Waals surface area contributed by atoms with Crippen molar-refractivity contribution in [2.45, 2.75) is 65.0 Å². The Bertz CT molecular complexity index is 759. The van der Waals surface area contributed by atoms with Crippen LogP contribution in [0.5, 0.6) is 0 Å². The average molecular weight is 369 g/mol. The monoisotopic (exact) mass is 368 g/mol. The highest BCUT2D eigenvalue weighted by atomic mass is 15.4. The average Bonchev–Trinajstić information content (AvgIpc) is 3.03. The van der Waals surface area contributed by atoms with Crippen molar-refractivity contribution >= 4 is 5.96 Å². The Morgan fingerprint density at radius 1 is 1.30 bits per heavy atom. The molecule has 1 aromatic carbocycles. The van der Waals surface area contributed by atoms with Crippen molar-refractivity contribution in [3.8, 4) is 0 Å². The molecule has 1 aromatic heterocycles. The second-order valence-electron chi connectivity index (χ2n) is 7.64. The van der Waals surface area contributed by atoms with E-state index in [4.69, 9.17) is 0 Å². The van der Waals surface area contributed by atoms with Crippen molar-refractivity contribution < 1.29 is 0 Å². The summed E-state index contributed by atoms with van der Waals surface area (Å²) in [5.41, 5.74) is 2.80. The van der Waals surface area contributed by atoms with Gasteiger partial charge in [0.15, 0.2) is 5.96 Å². The first-order valence-electron chi connectivity index (χ1n) is 10.0. The molecule has 1 atom stereocenters. The first-order valence-corrected chi connectivity index (χ1v) is 10.0. The maximum Gasteiger partial charge on any atom is 0.191 e. The molecule has 2 aromatic rings. The lowest BCUT2D eigenvalue weighted by Gasteiger charge is -2.25. The smallest absolute Gasteiger partial charge is 0.191 e. The fourth-order valence-corrected chi connectivity index (χ4v) is 3.51. The second-order valence-corrected chi connectivity index (χ2v) is 7.64. The maximum atomic E-state index is 4.47. The number of guanidine groups is 1. The predicted molar refractivity (Wildman–Crippen MR) is 110 cm³/mol. The van der Waals surface area contributed by atoms with Crippen LogP contribution in [0, 0.1) is 6.92 Å². The van der Waals surface area contributed by atoms with Gasteiger partial charge < -0.3 is 10.6 Å². The predicted octanol–water partition coefficient (Wildman–Crippen LogP) is 2.82. The van der Waals surface area contributed by atoms with Crippen molar-refractivity contribution in [3.63, 3.8) is 0 Å². The highest BCUT2D eigenvalue weighted by Crippen LogP contribution is 2.15. The molecule has 0 saturated carbocycles. The van der Waals surface area contributed by atoms with Crippen molar-refractivity contribution in [1.82, 2.24) is 25.4 Å². The summed E-state index contributed by atoms with van der Waals surface area (Å²) in [6.45, 7) is 8.17. The van der Waals surface area contributed by atoms with E-state index < -0.39 is 0 Å². The van der Waals surface area contributed by atoms with Gasteiger partial charge in [-0.3, -0.25) is 4.99 Å². The highest BCUT2D eigenvalue weighted by Gasteiger charge is 2.21. The Balaban J connectivity index is 1.40. The van der Waals surface area contributed by atoms with Crippen LogP contribution in [0.25, 0.3) is 0 Å². The highest BCUT2D eigenvalue weighted by molar-refractivity contribution is 5.79. The molecule has 3 rings (SSSR count). The van der Waals surface area contributed by atoms with Crippen LogP contribution in [0.4, 0.5) is 0 Å². The minimum absolute atomic E-state index is 0.341. The van der Waals surface area contributed by atoms with Crippen LogP contribution in [0.2, 0.25) is 0 Å². The summed E-state index contributed by atoms with van der Waals surface area (Å²) in [5.74, 6) is 3.41. The van der Waals surface area contributed by atoms with Gasteiger partial charge in [0.25, 0.3) is 0 Å². The summed E-state index contributed by atoms with van der Waals surface area (Å²) in [6, 6.07) is 9.34. The Hall–Kier alpha value is -2.37. The molecule has 0 aliphatic carbocycles. The number of nitrogens with one attached hydrogen (secondary N) is 2. The van der Waals surface area contributed by atoms with Gasteiger partial charge in [-0.2, -0.15) is 5.10 Å². The number of rotatable bonds is 6. The van der Waals surface area contributed by atoms with Gasteiger partial charge >= 0.3 is 0 Å². The third-order valence-electron chi connectivity index (χ3n) is 5.11. The molecule has 0 radical (unpaired) electrons. The number of hydrogen-bond donors (Lipinski definition) is 2. The van der Waals surface area contributed by atoms with Gasteiger partial charge in [-0.1, -0.05) is 38.1 Å². The maximum absolute atomic E-state index is 4.47. The lowest BCUT2D eigenvalue weighted by molar-refractivity contribution is 0.392. The number of aromatic nitrogens is 3. The summed E-state index contributed by atoms with van der Waals surface area (Å²) in [5, 5.41) is 11.4. The number of aryl methyl sites for hydroxylation is 3. The fraction of sp³-hybridized carbons (Fsp3) is 0.571. The number of aliphatic imine (C=N–C) groups is 1. The molecule has 2 heterocycles. The molecule has 1 aliphatic heterocycles. The minimum atomic E-state index is 0.341. The molecule has 0 spiro atoms. The van der Waals surface area contributed by atoms with Crippen molar-refractivity contribution in [2.24, 2.45) is 4.99 Å². The van der Waals surface area contributed by atoms with E-state index in [1.165, 1.54) is 11.1 Å². The van der Waals surface area contributed by atoms with Crippen molar-refractivity contribution in [3.05, 3.63) is 47.0 Å². The van der Waals surface area contributed by atoms with Crippen LogP contribution in [0.15, 0.2) is 29.3 Å². The zero-order valence-electron chi connectivity index (χ0n) is 17.0. The molecule has 0 fully saturated rings. The molecule has 6 heteroatoms. The molecule has 0 saturated heterocycles. The number of hydrogen-bond acceptors (Lipinski definition) is 3. The quantitative estimate of drug-likeness (QED) is 0.467. The van der Waals surface area contributed by atoms with E-state index >= 15 is 0 Å². The van der Waals surface area contributed by atoms with E-state index in [0.29, 0.717) is 12.0 Å². The second kappa shape index (κ2) is 9.02. The molecule has 0 bridgehead atoms. The zero-order valence-corrected chi connectivity index (χ0v) is 17.0. The van der Waals surface area contributed by atoms with Crippen LogP contribution >= 0.6 is 0 Å². The molecule has 6 nitrogen and oxygen atoms in total. The van der Waals surface area contributed by atoms with E-state index in [2.05, 4.69) is 63.8 Å². The van der Waals surface area contributed by atoms with Gasteiger partial charge in [-0.05, 0) is 43.2 Å². The van der Waals surface area contributed by atoms with Crippen LogP contribution in [0.3, 0.4) is 0 Å². The Morgan fingerprint density at radius 2 is 2.07 bits per heavy atom. The Labute approximate surface area is 162 Å². The molecule has 27 heavy (non-hydrogen) atoms. The van der Waals surface area contributed by atoms with E-state index in [-0.39, 0.29) is 0 Å². The summed E-state index contributed by atoms with van der Waals surface area (Å²) >= 11 is 0. The largest absolute Gasteiger partial charge is 0.356 e. The minimum Gasteiger partial charge on any atom is -0.356 e. The van der Waals surface area contributed by atoms with E-state index in [1.54, 1.807) is 0 Å². The topological polar surface area (TPSA) is 67.1 Å². The summed E-state index contributed by atoms with van der Waals surface area (Å²) < 4.78 is 2.02. The molecule has 1 unspecified atom stereocenters. The van der Waals surface area contributed by atoms with Crippen LogP contribution in [-0.2, 0) is 19.4 Å². The SMILES string of the molecule is CN=C(NCCCc1ccc(C(C)C)cc1)NC1CCc2nc(C)nn2C1. The normalized spacial score (nSPS) is 17.1. The molecule has 146 valence electrons. The van der Waals surface area contributed by atoms with Crippen LogP contribution < -0.4 is 10.6 Å². The van der Waals surface area contributed by atoms with E-state index in [9.17, 15) is 0 Å².